The molecule has 1 aliphatic rings. The van der Waals surface area contributed by atoms with Gasteiger partial charge in [-0.25, -0.2) is 0 Å². The first kappa shape index (κ1) is 18.0. The van der Waals surface area contributed by atoms with Crippen molar-refractivity contribution in [2.45, 2.75) is 18.1 Å². The van der Waals surface area contributed by atoms with Gasteiger partial charge < -0.3 is 10.2 Å². The molecule has 7 heteroatoms. The van der Waals surface area contributed by atoms with Gasteiger partial charge in [0.15, 0.2) is 0 Å². The predicted molar refractivity (Wildman–Crippen MR) is 89.5 cm³/mol. The molecule has 0 saturated carbocycles. The molecule has 2 aromatic rings. The van der Waals surface area contributed by atoms with Crippen molar-refractivity contribution < 1.29 is 22.8 Å². The van der Waals surface area contributed by atoms with Gasteiger partial charge in [-0.2, -0.15) is 13.2 Å². The Kier molecular flexibility index (Phi) is 4.71. The maximum Gasteiger partial charge on any atom is 0.405 e. The Labute approximate surface area is 148 Å². The fraction of sp³-hybridized carbons (Fsp3) is 0.263. The number of carbonyl (C=O) groups excluding carboxylic acids is 2. The van der Waals surface area contributed by atoms with Crippen molar-refractivity contribution in [1.82, 2.24) is 10.2 Å². The van der Waals surface area contributed by atoms with Crippen molar-refractivity contribution in [3.63, 3.8) is 0 Å². The second-order valence-corrected chi connectivity index (χ2v) is 6.17. The van der Waals surface area contributed by atoms with E-state index in [0.29, 0.717) is 16.7 Å². The van der Waals surface area contributed by atoms with Gasteiger partial charge in [0.05, 0.1) is 12.0 Å². The van der Waals surface area contributed by atoms with Crippen LogP contribution in [0.15, 0.2) is 54.6 Å². The Bertz CT molecular complexity index is 821. The molecule has 2 unspecified atom stereocenters. The third-order valence-electron chi connectivity index (χ3n) is 4.47. The van der Waals surface area contributed by atoms with Gasteiger partial charge in [-0.05, 0) is 17.2 Å². The molecule has 2 amide bonds. The molecule has 1 heterocycles. The topological polar surface area (TPSA) is 49.4 Å². The first-order valence-corrected chi connectivity index (χ1v) is 8.05. The number of fused-ring (bicyclic) bond motifs is 1. The van der Waals surface area contributed by atoms with Crippen molar-refractivity contribution in [2.75, 3.05) is 13.6 Å². The Morgan fingerprint density at radius 2 is 1.69 bits per heavy atom. The standard InChI is InChI=1S/C19H17F3N2O2/c1-24-16(12-7-3-2-4-8-12)15(17(25)23-11-19(20,21)22)13-9-5-6-10-14(13)18(24)26/h2-10,15-16H,11H2,1H3,(H,23,25). The van der Waals surface area contributed by atoms with E-state index in [2.05, 4.69) is 0 Å². The third-order valence-corrected chi connectivity index (χ3v) is 4.47. The lowest BCUT2D eigenvalue weighted by atomic mass is 9.79. The highest BCUT2D eigenvalue weighted by Crippen LogP contribution is 2.41. The number of nitrogens with zero attached hydrogens (tertiary/aromatic N) is 1. The number of benzene rings is 2. The Morgan fingerprint density at radius 1 is 1.08 bits per heavy atom. The van der Waals surface area contributed by atoms with Crippen molar-refractivity contribution in [3.05, 3.63) is 71.3 Å². The summed E-state index contributed by atoms with van der Waals surface area (Å²) < 4.78 is 37.7. The summed E-state index contributed by atoms with van der Waals surface area (Å²) in [5.74, 6) is -1.96. The molecule has 0 aromatic heterocycles. The van der Waals surface area contributed by atoms with Gasteiger partial charge in [-0.3, -0.25) is 9.59 Å². The molecular weight excluding hydrogens is 345 g/mol. The van der Waals surface area contributed by atoms with Crippen LogP contribution in [0.4, 0.5) is 13.2 Å². The highest BCUT2D eigenvalue weighted by atomic mass is 19.4. The molecule has 4 nitrogen and oxygen atoms in total. The van der Waals surface area contributed by atoms with Crippen LogP contribution in [0.3, 0.4) is 0 Å². The zero-order valence-electron chi connectivity index (χ0n) is 14.0. The van der Waals surface area contributed by atoms with E-state index in [1.54, 1.807) is 61.6 Å². The third kappa shape index (κ3) is 3.42. The van der Waals surface area contributed by atoms with E-state index >= 15 is 0 Å². The number of amides is 2. The highest BCUT2D eigenvalue weighted by Gasteiger charge is 2.43. The van der Waals surface area contributed by atoms with Crippen molar-refractivity contribution in [3.8, 4) is 0 Å². The summed E-state index contributed by atoms with van der Waals surface area (Å²) in [7, 11) is 1.56. The highest BCUT2D eigenvalue weighted by molar-refractivity contribution is 6.01. The number of likely N-dealkylation sites (N-methyl/N-ethyl adjacent to an activating group) is 1. The molecule has 1 aliphatic heterocycles. The van der Waals surface area contributed by atoms with E-state index < -0.39 is 30.6 Å². The van der Waals surface area contributed by atoms with Gasteiger partial charge in [0, 0.05) is 12.6 Å². The number of rotatable bonds is 3. The van der Waals surface area contributed by atoms with Crippen LogP contribution < -0.4 is 5.32 Å². The second-order valence-electron chi connectivity index (χ2n) is 6.17. The minimum absolute atomic E-state index is 0.269. The van der Waals surface area contributed by atoms with Crippen LogP contribution >= 0.6 is 0 Å². The number of carbonyl (C=O) groups is 2. The summed E-state index contributed by atoms with van der Waals surface area (Å²) in [4.78, 5) is 26.8. The maximum atomic E-state index is 12.7. The average molecular weight is 362 g/mol. The van der Waals surface area contributed by atoms with Crippen molar-refractivity contribution in [1.29, 1.82) is 0 Å². The lowest BCUT2D eigenvalue weighted by Crippen LogP contribution is -2.47. The van der Waals surface area contributed by atoms with Crippen LogP contribution in [0, 0.1) is 0 Å². The summed E-state index contributed by atoms with van der Waals surface area (Å²) in [6.07, 6.45) is -4.51. The second kappa shape index (κ2) is 6.82. The summed E-state index contributed by atoms with van der Waals surface area (Å²) in [6, 6.07) is 14.7. The number of halogens is 3. The van der Waals surface area contributed by atoms with Crippen molar-refractivity contribution >= 4 is 11.8 Å². The predicted octanol–water partition coefficient (Wildman–Crippen LogP) is 3.28. The Morgan fingerprint density at radius 3 is 2.35 bits per heavy atom. The van der Waals surface area contributed by atoms with Crippen LogP contribution in [0.25, 0.3) is 0 Å². The molecule has 0 aliphatic carbocycles. The minimum Gasteiger partial charge on any atom is -0.346 e. The first-order chi connectivity index (χ1) is 12.3. The largest absolute Gasteiger partial charge is 0.405 e. The van der Waals surface area contributed by atoms with E-state index in [0.717, 1.165) is 0 Å². The fourth-order valence-electron chi connectivity index (χ4n) is 3.32. The summed E-state index contributed by atoms with van der Waals surface area (Å²) >= 11 is 0. The van der Waals surface area contributed by atoms with Crippen LogP contribution in [0.2, 0.25) is 0 Å². The fourth-order valence-corrected chi connectivity index (χ4v) is 3.32. The quantitative estimate of drug-likeness (QED) is 0.911. The minimum atomic E-state index is -4.51. The molecule has 2 aromatic carbocycles. The molecule has 26 heavy (non-hydrogen) atoms. The molecule has 1 N–H and O–H groups in total. The van der Waals surface area contributed by atoms with Crippen LogP contribution in [0.5, 0.6) is 0 Å². The number of hydrogen-bond donors (Lipinski definition) is 1. The molecule has 0 saturated heterocycles. The lowest BCUT2D eigenvalue weighted by molar-refractivity contribution is -0.140. The van der Waals surface area contributed by atoms with E-state index in [4.69, 9.17) is 0 Å². The van der Waals surface area contributed by atoms with E-state index in [1.165, 1.54) is 4.90 Å². The first-order valence-electron chi connectivity index (χ1n) is 8.05. The molecule has 0 spiro atoms. The smallest absolute Gasteiger partial charge is 0.346 e. The number of hydrogen-bond acceptors (Lipinski definition) is 2. The maximum absolute atomic E-state index is 12.7. The van der Waals surface area contributed by atoms with Gasteiger partial charge in [-0.15, -0.1) is 0 Å². The van der Waals surface area contributed by atoms with E-state index in [9.17, 15) is 22.8 Å². The summed E-state index contributed by atoms with van der Waals surface area (Å²) in [6.45, 7) is -1.41. The van der Waals surface area contributed by atoms with Gasteiger partial charge in [0.1, 0.15) is 6.54 Å². The van der Waals surface area contributed by atoms with Crippen LogP contribution in [-0.4, -0.2) is 36.5 Å². The zero-order chi connectivity index (χ0) is 18.9. The molecule has 0 radical (unpaired) electrons. The SMILES string of the molecule is CN1C(=O)c2ccccc2C(C(=O)NCC(F)(F)F)C1c1ccccc1. The Hall–Kier alpha value is -2.83. The summed E-state index contributed by atoms with van der Waals surface area (Å²) in [5, 5.41) is 1.97. The zero-order valence-corrected chi connectivity index (χ0v) is 14.0. The number of nitrogens with one attached hydrogen (secondary N) is 1. The molecule has 2 atom stereocenters. The average Bonchev–Trinajstić information content (AvgIpc) is 2.62. The normalized spacial score (nSPS) is 19.8. The molecule has 0 bridgehead atoms. The van der Waals surface area contributed by atoms with Crippen LogP contribution in [-0.2, 0) is 4.79 Å². The molecule has 136 valence electrons. The number of alkyl halides is 3. The monoisotopic (exact) mass is 362 g/mol. The molecule has 3 rings (SSSR count). The van der Waals surface area contributed by atoms with Crippen LogP contribution in [0.1, 0.15) is 33.4 Å². The van der Waals surface area contributed by atoms with Gasteiger partial charge in [0.25, 0.3) is 5.91 Å². The lowest BCUT2D eigenvalue weighted by Gasteiger charge is -2.39. The Balaban J connectivity index is 2.06. The van der Waals surface area contributed by atoms with E-state index in [1.807, 2.05) is 5.32 Å². The molecule has 0 fully saturated rings. The van der Waals surface area contributed by atoms with Gasteiger partial charge in [-0.1, -0.05) is 48.5 Å². The van der Waals surface area contributed by atoms with Gasteiger partial charge >= 0.3 is 6.18 Å². The van der Waals surface area contributed by atoms with E-state index in [-0.39, 0.29) is 5.91 Å². The van der Waals surface area contributed by atoms with Gasteiger partial charge in [0.2, 0.25) is 5.91 Å². The van der Waals surface area contributed by atoms with Crippen molar-refractivity contribution in [2.24, 2.45) is 0 Å². The molecular formula is C19H17F3N2O2. The summed E-state index contributed by atoms with van der Waals surface area (Å²) in [5.41, 5.74) is 1.45.